The molecule has 0 spiro atoms. The average Bonchev–Trinajstić information content (AvgIpc) is 2.74. The second-order valence-corrected chi connectivity index (χ2v) is 7.16. The molecule has 2 aromatic rings. The summed E-state index contributed by atoms with van der Waals surface area (Å²) in [6, 6.07) is 11.8. The fourth-order valence-electron chi connectivity index (χ4n) is 3.76. The molecule has 7 heteroatoms. The summed E-state index contributed by atoms with van der Waals surface area (Å²) in [6.45, 7) is 5.84. The molecule has 0 unspecified atom stereocenters. The molecule has 0 atom stereocenters. The summed E-state index contributed by atoms with van der Waals surface area (Å²) in [4.78, 5) is 16.9. The minimum absolute atomic E-state index is 0. The van der Waals surface area contributed by atoms with E-state index < -0.39 is 0 Å². The Kier molecular flexibility index (Phi) is 7.34. The van der Waals surface area contributed by atoms with Gasteiger partial charge in [0.1, 0.15) is 19.0 Å². The van der Waals surface area contributed by atoms with Crippen LogP contribution in [-0.4, -0.2) is 56.6 Å². The molecule has 0 radical (unpaired) electrons. The molecule has 2 heterocycles. The number of nitrogens with zero attached hydrogens (tertiary/aromatic N) is 2. The van der Waals surface area contributed by atoms with Gasteiger partial charge in [0.25, 0.3) is 0 Å². The maximum Gasteiger partial charge on any atom is 0.184 e. The molecule has 1 fully saturated rings. The standard InChI is InChI=1S/C22H25FN2O3.ClH/c23-18-8-6-17(7-9-18)20(26)4-2-10-24-11-13-25(14-12-24)19-3-1-5-21-22(19)28-16-15-27-21;/h1,3,5-9H,2,4,10-16H2;1H. The van der Waals surface area contributed by atoms with Crippen molar-refractivity contribution in [3.05, 3.63) is 53.8 Å². The van der Waals surface area contributed by atoms with Crippen LogP contribution >= 0.6 is 12.4 Å². The second kappa shape index (κ2) is 9.94. The highest BCUT2D eigenvalue weighted by Crippen LogP contribution is 2.39. The van der Waals surface area contributed by atoms with Gasteiger partial charge in [-0.3, -0.25) is 9.69 Å². The number of hydrogen-bond donors (Lipinski definition) is 0. The lowest BCUT2D eigenvalue weighted by atomic mass is 10.1. The van der Waals surface area contributed by atoms with Crippen molar-refractivity contribution in [2.24, 2.45) is 0 Å². The van der Waals surface area contributed by atoms with Crippen molar-refractivity contribution in [3.63, 3.8) is 0 Å². The van der Waals surface area contributed by atoms with E-state index in [4.69, 9.17) is 9.47 Å². The number of hydrogen-bond acceptors (Lipinski definition) is 5. The minimum Gasteiger partial charge on any atom is -0.486 e. The van der Waals surface area contributed by atoms with Crippen molar-refractivity contribution in [1.29, 1.82) is 0 Å². The van der Waals surface area contributed by atoms with Crippen LogP contribution in [0.5, 0.6) is 11.5 Å². The van der Waals surface area contributed by atoms with Crippen LogP contribution in [0.3, 0.4) is 0 Å². The summed E-state index contributed by atoms with van der Waals surface area (Å²) in [5.74, 6) is 1.44. The van der Waals surface area contributed by atoms with Crippen LogP contribution in [0.25, 0.3) is 0 Å². The summed E-state index contributed by atoms with van der Waals surface area (Å²) in [5.41, 5.74) is 1.69. The second-order valence-electron chi connectivity index (χ2n) is 7.16. The molecule has 2 aliphatic rings. The van der Waals surface area contributed by atoms with Gasteiger partial charge in [-0.15, -0.1) is 12.4 Å². The molecular formula is C22H26ClFN2O3. The Labute approximate surface area is 176 Å². The Hall–Kier alpha value is -2.31. The Morgan fingerprint density at radius 3 is 2.45 bits per heavy atom. The molecule has 29 heavy (non-hydrogen) atoms. The third kappa shape index (κ3) is 5.19. The number of carbonyl (C=O) groups excluding carboxylic acids is 1. The van der Waals surface area contributed by atoms with Crippen LogP contribution in [-0.2, 0) is 0 Å². The average molecular weight is 421 g/mol. The first kappa shape index (κ1) is 21.4. The highest BCUT2D eigenvalue weighted by molar-refractivity contribution is 5.95. The van der Waals surface area contributed by atoms with E-state index >= 15 is 0 Å². The van der Waals surface area contributed by atoms with Crippen molar-refractivity contribution in [1.82, 2.24) is 4.90 Å². The lowest BCUT2D eigenvalue weighted by molar-refractivity contribution is 0.0974. The van der Waals surface area contributed by atoms with E-state index in [0.29, 0.717) is 25.2 Å². The number of ether oxygens (including phenoxy) is 2. The van der Waals surface area contributed by atoms with Gasteiger partial charge in [0.2, 0.25) is 0 Å². The molecule has 0 bridgehead atoms. The van der Waals surface area contributed by atoms with Crippen LogP contribution in [0.1, 0.15) is 23.2 Å². The smallest absolute Gasteiger partial charge is 0.184 e. The molecule has 0 aliphatic carbocycles. The number of carbonyl (C=O) groups is 1. The fourth-order valence-corrected chi connectivity index (χ4v) is 3.76. The zero-order valence-electron chi connectivity index (χ0n) is 16.3. The van der Waals surface area contributed by atoms with Gasteiger partial charge < -0.3 is 14.4 Å². The normalized spacial score (nSPS) is 16.2. The van der Waals surface area contributed by atoms with Crippen LogP contribution in [0.4, 0.5) is 10.1 Å². The Bertz CT molecular complexity index is 823. The Morgan fingerprint density at radius 2 is 1.69 bits per heavy atom. The lowest BCUT2D eigenvalue weighted by Gasteiger charge is -2.37. The molecule has 5 nitrogen and oxygen atoms in total. The summed E-state index contributed by atoms with van der Waals surface area (Å²) in [5, 5.41) is 0. The third-order valence-electron chi connectivity index (χ3n) is 5.30. The van der Waals surface area contributed by atoms with Gasteiger partial charge in [-0.25, -0.2) is 4.39 Å². The first-order valence-electron chi connectivity index (χ1n) is 9.85. The molecule has 0 N–H and O–H groups in total. The van der Waals surface area contributed by atoms with E-state index in [-0.39, 0.29) is 24.0 Å². The SMILES string of the molecule is Cl.O=C(CCCN1CCN(c2cccc3c2OCCO3)CC1)c1ccc(F)cc1. The van der Waals surface area contributed by atoms with Gasteiger partial charge >= 0.3 is 0 Å². The Morgan fingerprint density at radius 1 is 0.966 bits per heavy atom. The maximum atomic E-state index is 13.0. The van der Waals surface area contributed by atoms with Gasteiger partial charge in [0, 0.05) is 38.2 Å². The number of piperazine rings is 1. The van der Waals surface area contributed by atoms with E-state index in [9.17, 15) is 9.18 Å². The molecule has 156 valence electrons. The number of Topliss-reactive ketones (excluding diaryl/α,β-unsaturated/α-hetero) is 1. The number of ketones is 1. The van der Waals surface area contributed by atoms with Gasteiger partial charge in [-0.1, -0.05) is 6.07 Å². The lowest BCUT2D eigenvalue weighted by Crippen LogP contribution is -2.46. The summed E-state index contributed by atoms with van der Waals surface area (Å²) >= 11 is 0. The first-order chi connectivity index (χ1) is 13.7. The third-order valence-corrected chi connectivity index (χ3v) is 5.30. The van der Waals surface area contributed by atoms with Crippen molar-refractivity contribution >= 4 is 23.9 Å². The van der Waals surface area contributed by atoms with Crippen LogP contribution in [0.2, 0.25) is 0 Å². The number of halogens is 2. The van der Waals surface area contributed by atoms with Crippen LogP contribution < -0.4 is 14.4 Å². The van der Waals surface area contributed by atoms with Crippen molar-refractivity contribution in [2.75, 3.05) is 50.8 Å². The van der Waals surface area contributed by atoms with Gasteiger partial charge in [-0.2, -0.15) is 0 Å². The number of anilines is 1. The largest absolute Gasteiger partial charge is 0.486 e. The molecule has 0 saturated carbocycles. The van der Waals surface area contributed by atoms with E-state index in [0.717, 1.165) is 56.3 Å². The highest BCUT2D eigenvalue weighted by Gasteiger charge is 2.23. The molecule has 2 aliphatic heterocycles. The van der Waals surface area contributed by atoms with E-state index in [1.165, 1.54) is 12.1 Å². The van der Waals surface area contributed by atoms with Crippen molar-refractivity contribution < 1.29 is 18.7 Å². The van der Waals surface area contributed by atoms with Gasteiger partial charge in [0.05, 0.1) is 5.69 Å². The number of fused-ring (bicyclic) bond motifs is 1. The minimum atomic E-state index is -0.314. The summed E-state index contributed by atoms with van der Waals surface area (Å²) in [6.07, 6.45) is 1.30. The number of rotatable bonds is 6. The van der Waals surface area contributed by atoms with Crippen molar-refractivity contribution in [2.45, 2.75) is 12.8 Å². The van der Waals surface area contributed by atoms with E-state index in [1.807, 2.05) is 12.1 Å². The predicted octanol–water partition coefficient (Wildman–Crippen LogP) is 3.80. The highest BCUT2D eigenvalue weighted by atomic mass is 35.5. The zero-order valence-corrected chi connectivity index (χ0v) is 17.1. The number of para-hydroxylation sites is 1. The molecule has 0 amide bonds. The van der Waals surface area contributed by atoms with Gasteiger partial charge in [0.15, 0.2) is 17.3 Å². The fraction of sp³-hybridized carbons (Fsp3) is 0.409. The van der Waals surface area contributed by atoms with Gasteiger partial charge in [-0.05, 0) is 49.4 Å². The topological polar surface area (TPSA) is 42.0 Å². The van der Waals surface area contributed by atoms with E-state index in [1.54, 1.807) is 12.1 Å². The molecule has 4 rings (SSSR count). The predicted molar refractivity (Wildman–Crippen MR) is 113 cm³/mol. The van der Waals surface area contributed by atoms with Crippen molar-refractivity contribution in [3.8, 4) is 11.5 Å². The van der Waals surface area contributed by atoms with E-state index in [2.05, 4.69) is 15.9 Å². The summed E-state index contributed by atoms with van der Waals surface area (Å²) in [7, 11) is 0. The molecular weight excluding hydrogens is 395 g/mol. The molecule has 2 aromatic carbocycles. The first-order valence-corrected chi connectivity index (χ1v) is 9.85. The monoisotopic (exact) mass is 420 g/mol. The summed E-state index contributed by atoms with van der Waals surface area (Å²) < 4.78 is 24.5. The number of benzene rings is 2. The van der Waals surface area contributed by atoms with Crippen LogP contribution in [0.15, 0.2) is 42.5 Å². The molecule has 1 saturated heterocycles. The quantitative estimate of drug-likeness (QED) is 0.665. The van der Waals surface area contributed by atoms with Crippen LogP contribution in [0, 0.1) is 5.82 Å². The molecule has 0 aromatic heterocycles. The zero-order chi connectivity index (χ0) is 19.3. The Balaban J connectivity index is 0.00000240. The maximum absolute atomic E-state index is 13.0.